The average Bonchev–Trinajstić information content (AvgIpc) is 2.93. The second kappa shape index (κ2) is 5.46. The summed E-state index contributed by atoms with van der Waals surface area (Å²) in [5, 5.41) is 10.1. The molecule has 0 bridgehead atoms. The number of methoxy groups -OCH3 is 1. The molecule has 3 rings (SSSR count). The summed E-state index contributed by atoms with van der Waals surface area (Å²) in [7, 11) is 1.66. The van der Waals surface area contributed by atoms with Crippen LogP contribution in [0, 0.1) is 0 Å². The van der Waals surface area contributed by atoms with Crippen molar-refractivity contribution >= 4 is 11.1 Å². The maximum Gasteiger partial charge on any atom is 0.156 e. The smallest absolute Gasteiger partial charge is 0.156 e. The lowest BCUT2D eigenvalue weighted by Gasteiger charge is -2.12. The van der Waals surface area contributed by atoms with Gasteiger partial charge in [-0.2, -0.15) is 0 Å². The van der Waals surface area contributed by atoms with Gasteiger partial charge in [0.25, 0.3) is 0 Å². The highest BCUT2D eigenvalue weighted by Gasteiger charge is 2.22. The fourth-order valence-electron chi connectivity index (χ4n) is 2.39. The van der Waals surface area contributed by atoms with Gasteiger partial charge in [0.2, 0.25) is 0 Å². The molecule has 0 saturated heterocycles. The molecule has 0 saturated carbocycles. The van der Waals surface area contributed by atoms with E-state index < -0.39 is 5.60 Å². The number of pyridine rings is 1. The van der Waals surface area contributed by atoms with Gasteiger partial charge < -0.3 is 14.3 Å². The van der Waals surface area contributed by atoms with E-state index in [0.717, 1.165) is 34.4 Å². The van der Waals surface area contributed by atoms with Gasteiger partial charge in [-0.05, 0) is 37.6 Å². The van der Waals surface area contributed by atoms with Crippen LogP contribution < -0.4 is 4.74 Å². The Morgan fingerprint density at radius 1 is 1.18 bits per heavy atom. The van der Waals surface area contributed by atoms with Gasteiger partial charge in [0.1, 0.15) is 22.6 Å². The quantitative estimate of drug-likeness (QED) is 0.798. The number of hydrogen-bond acceptors (Lipinski definition) is 4. The third kappa shape index (κ3) is 2.83. The van der Waals surface area contributed by atoms with Crippen LogP contribution in [0.5, 0.6) is 5.75 Å². The zero-order valence-corrected chi connectivity index (χ0v) is 13.0. The largest absolute Gasteiger partial charge is 0.497 e. The Balaban J connectivity index is 1.97. The summed E-state index contributed by atoms with van der Waals surface area (Å²) < 4.78 is 11.0. The number of furan rings is 1. The van der Waals surface area contributed by atoms with Gasteiger partial charge in [0.15, 0.2) is 5.58 Å². The summed E-state index contributed by atoms with van der Waals surface area (Å²) in [6, 6.07) is 11.7. The van der Waals surface area contributed by atoms with Crippen molar-refractivity contribution in [2.24, 2.45) is 0 Å². The molecule has 4 nitrogen and oxygen atoms in total. The number of hydrogen-bond donors (Lipinski definition) is 1. The molecule has 0 spiro atoms. The van der Waals surface area contributed by atoms with Gasteiger partial charge in [-0.3, -0.25) is 4.98 Å². The summed E-state index contributed by atoms with van der Waals surface area (Å²) in [6.45, 7) is 3.40. The van der Waals surface area contributed by atoms with Crippen LogP contribution in [0.15, 0.2) is 47.0 Å². The minimum Gasteiger partial charge on any atom is -0.497 e. The third-order valence-corrected chi connectivity index (χ3v) is 3.65. The van der Waals surface area contributed by atoms with E-state index in [2.05, 4.69) is 4.98 Å². The van der Waals surface area contributed by atoms with Crippen LogP contribution in [0.25, 0.3) is 11.1 Å². The van der Waals surface area contributed by atoms with Crippen molar-refractivity contribution in [3.63, 3.8) is 0 Å². The highest BCUT2D eigenvalue weighted by atomic mass is 16.5. The molecule has 0 aliphatic heterocycles. The fraction of sp³-hybridized carbons (Fsp3) is 0.278. The van der Waals surface area contributed by atoms with Crippen molar-refractivity contribution in [2.75, 3.05) is 7.11 Å². The molecule has 2 aromatic heterocycles. The Labute approximate surface area is 129 Å². The SMILES string of the molecule is COc1ccc(Cc2ccnc3cc(C(C)(C)O)oc23)cc1. The first-order chi connectivity index (χ1) is 10.5. The summed E-state index contributed by atoms with van der Waals surface area (Å²) in [5.74, 6) is 1.36. The van der Waals surface area contributed by atoms with E-state index in [1.807, 2.05) is 30.3 Å². The molecule has 0 aliphatic rings. The standard InChI is InChI=1S/C18H19NO3/c1-18(2,20)16-11-15-17(22-16)13(8-9-19-15)10-12-4-6-14(21-3)7-5-12/h4-9,11,20H,10H2,1-3H3. The molecule has 22 heavy (non-hydrogen) atoms. The Morgan fingerprint density at radius 3 is 2.55 bits per heavy atom. The van der Waals surface area contributed by atoms with Crippen LogP contribution >= 0.6 is 0 Å². The first-order valence-electron chi connectivity index (χ1n) is 7.20. The molecule has 0 aliphatic carbocycles. The van der Waals surface area contributed by atoms with Crippen LogP contribution in [-0.4, -0.2) is 17.2 Å². The highest BCUT2D eigenvalue weighted by Crippen LogP contribution is 2.29. The van der Waals surface area contributed by atoms with E-state index in [1.54, 1.807) is 33.2 Å². The molecule has 4 heteroatoms. The van der Waals surface area contributed by atoms with Crippen LogP contribution in [-0.2, 0) is 12.0 Å². The van der Waals surface area contributed by atoms with Crippen molar-refractivity contribution in [1.82, 2.24) is 4.98 Å². The normalized spacial score (nSPS) is 11.8. The number of aromatic nitrogens is 1. The molecular formula is C18H19NO3. The number of benzene rings is 1. The third-order valence-electron chi connectivity index (χ3n) is 3.65. The lowest BCUT2D eigenvalue weighted by Crippen LogP contribution is -2.13. The fourth-order valence-corrected chi connectivity index (χ4v) is 2.39. The van der Waals surface area contributed by atoms with E-state index in [0.29, 0.717) is 5.76 Å². The van der Waals surface area contributed by atoms with E-state index in [1.165, 1.54) is 0 Å². The predicted molar refractivity (Wildman–Crippen MR) is 85.1 cm³/mol. The topological polar surface area (TPSA) is 55.5 Å². The molecule has 0 fully saturated rings. The number of rotatable bonds is 4. The Kier molecular flexibility index (Phi) is 3.62. The molecule has 0 unspecified atom stereocenters. The Hall–Kier alpha value is -2.33. The molecule has 3 aromatic rings. The molecule has 1 aromatic carbocycles. The number of fused-ring (bicyclic) bond motifs is 1. The molecule has 1 N–H and O–H groups in total. The maximum absolute atomic E-state index is 10.1. The Bertz CT molecular complexity index is 782. The molecule has 2 heterocycles. The first-order valence-corrected chi connectivity index (χ1v) is 7.20. The van der Waals surface area contributed by atoms with Crippen molar-refractivity contribution in [3.8, 4) is 5.75 Å². The number of aliphatic hydroxyl groups is 1. The monoisotopic (exact) mass is 297 g/mol. The summed E-state index contributed by atoms with van der Waals surface area (Å²) in [4.78, 5) is 4.32. The number of ether oxygens (including phenoxy) is 1. The second-order valence-corrected chi connectivity index (χ2v) is 5.88. The van der Waals surface area contributed by atoms with Gasteiger partial charge in [0, 0.05) is 24.2 Å². The van der Waals surface area contributed by atoms with Gasteiger partial charge in [-0.1, -0.05) is 12.1 Å². The van der Waals surface area contributed by atoms with Gasteiger partial charge in [0.05, 0.1) is 7.11 Å². The molecule has 114 valence electrons. The Morgan fingerprint density at radius 2 is 1.91 bits per heavy atom. The van der Waals surface area contributed by atoms with Crippen LogP contribution in [0.1, 0.15) is 30.7 Å². The number of nitrogens with zero attached hydrogens (tertiary/aromatic N) is 1. The molecule has 0 radical (unpaired) electrons. The first kappa shape index (κ1) is 14.6. The van der Waals surface area contributed by atoms with Gasteiger partial charge >= 0.3 is 0 Å². The molecule has 0 atom stereocenters. The lowest BCUT2D eigenvalue weighted by molar-refractivity contribution is 0.0558. The summed E-state index contributed by atoms with van der Waals surface area (Å²) >= 11 is 0. The average molecular weight is 297 g/mol. The lowest BCUT2D eigenvalue weighted by atomic mass is 10.0. The van der Waals surface area contributed by atoms with Gasteiger partial charge in [-0.25, -0.2) is 0 Å². The molecule has 0 amide bonds. The summed E-state index contributed by atoms with van der Waals surface area (Å²) in [5.41, 5.74) is 2.69. The zero-order chi connectivity index (χ0) is 15.7. The van der Waals surface area contributed by atoms with Crippen molar-refractivity contribution < 1.29 is 14.3 Å². The predicted octanol–water partition coefficient (Wildman–Crippen LogP) is 3.65. The van der Waals surface area contributed by atoms with E-state index >= 15 is 0 Å². The van der Waals surface area contributed by atoms with Crippen molar-refractivity contribution in [3.05, 3.63) is 59.5 Å². The van der Waals surface area contributed by atoms with Crippen molar-refractivity contribution in [1.29, 1.82) is 0 Å². The zero-order valence-electron chi connectivity index (χ0n) is 13.0. The van der Waals surface area contributed by atoms with E-state index in [9.17, 15) is 5.11 Å². The maximum atomic E-state index is 10.1. The minimum atomic E-state index is -1.02. The van der Waals surface area contributed by atoms with Crippen LogP contribution in [0.3, 0.4) is 0 Å². The van der Waals surface area contributed by atoms with E-state index in [4.69, 9.17) is 9.15 Å². The second-order valence-electron chi connectivity index (χ2n) is 5.88. The minimum absolute atomic E-state index is 0.525. The van der Waals surface area contributed by atoms with Crippen molar-refractivity contribution in [2.45, 2.75) is 25.9 Å². The van der Waals surface area contributed by atoms with Crippen LogP contribution in [0.2, 0.25) is 0 Å². The summed E-state index contributed by atoms with van der Waals surface area (Å²) in [6.07, 6.45) is 2.51. The van der Waals surface area contributed by atoms with Gasteiger partial charge in [-0.15, -0.1) is 0 Å². The van der Waals surface area contributed by atoms with Crippen LogP contribution in [0.4, 0.5) is 0 Å². The van der Waals surface area contributed by atoms with E-state index in [-0.39, 0.29) is 0 Å². The highest BCUT2D eigenvalue weighted by molar-refractivity contribution is 5.77. The molecular weight excluding hydrogens is 278 g/mol.